The van der Waals surface area contributed by atoms with Crippen LogP contribution in [0.15, 0.2) is 54.6 Å². The Bertz CT molecular complexity index is 907. The van der Waals surface area contributed by atoms with Crippen LogP contribution in [-0.4, -0.2) is 0 Å². The fourth-order valence-corrected chi connectivity index (χ4v) is 4.08. The second kappa shape index (κ2) is 9.84. The normalized spacial score (nSPS) is 19.6. The van der Waals surface area contributed by atoms with Crippen molar-refractivity contribution in [3.05, 3.63) is 77.1 Å². The number of ether oxygens (including phenoxy) is 1. The molecule has 0 atom stereocenters. The van der Waals surface area contributed by atoms with E-state index in [0.717, 1.165) is 42.9 Å². The Morgan fingerprint density at radius 3 is 2.40 bits per heavy atom. The highest BCUT2D eigenvalue weighted by Gasteiger charge is 2.35. The van der Waals surface area contributed by atoms with E-state index in [2.05, 4.69) is 12.2 Å². The summed E-state index contributed by atoms with van der Waals surface area (Å²) in [6.07, 6.45) is 7.60. The van der Waals surface area contributed by atoms with Gasteiger partial charge >= 0.3 is 6.11 Å². The molecule has 1 aliphatic carbocycles. The molecule has 0 aromatic heterocycles. The number of hydrogen-bond donors (Lipinski definition) is 0. The Hall–Kier alpha value is -2.74. The minimum atomic E-state index is -3.69. The lowest BCUT2D eigenvalue weighted by molar-refractivity contribution is -0.185. The molecule has 2 aromatic carbocycles. The number of allylic oxidation sites excluding steroid dienone is 2. The summed E-state index contributed by atoms with van der Waals surface area (Å²) < 4.78 is 47.3. The van der Waals surface area contributed by atoms with Gasteiger partial charge in [0.25, 0.3) is 0 Å². The summed E-state index contributed by atoms with van der Waals surface area (Å²) >= 11 is 0. The van der Waals surface area contributed by atoms with Gasteiger partial charge in [-0.1, -0.05) is 24.3 Å². The van der Waals surface area contributed by atoms with Crippen molar-refractivity contribution in [2.45, 2.75) is 57.5 Å². The van der Waals surface area contributed by atoms with E-state index in [1.165, 1.54) is 19.3 Å². The topological polar surface area (TPSA) is 33.0 Å². The van der Waals surface area contributed by atoms with E-state index in [9.17, 15) is 13.2 Å². The minimum Gasteiger partial charge on any atom is -0.429 e. The Labute approximate surface area is 176 Å². The molecule has 3 rings (SSSR count). The molecule has 2 nitrogen and oxygen atoms in total. The van der Waals surface area contributed by atoms with E-state index < -0.39 is 17.5 Å². The second-order valence-electron chi connectivity index (χ2n) is 7.86. The monoisotopic (exact) mass is 413 g/mol. The van der Waals surface area contributed by atoms with Crippen molar-refractivity contribution in [2.75, 3.05) is 0 Å². The number of benzene rings is 2. The number of alkyl halides is 2. The molecule has 2 aromatic rings. The van der Waals surface area contributed by atoms with E-state index in [4.69, 9.17) is 10.00 Å². The lowest BCUT2D eigenvalue weighted by Gasteiger charge is -2.28. The minimum absolute atomic E-state index is 0.0218. The molecule has 0 saturated heterocycles. The number of nitrogens with zero attached hydrogens (tertiary/aromatic N) is 1. The molecule has 0 bridgehead atoms. The Kier molecular flexibility index (Phi) is 7.20. The van der Waals surface area contributed by atoms with Crippen LogP contribution < -0.4 is 4.74 Å². The van der Waals surface area contributed by atoms with Crippen molar-refractivity contribution in [1.29, 1.82) is 5.26 Å². The fraction of sp³-hybridized carbons (Fsp3) is 0.400. The highest BCUT2D eigenvalue weighted by Crippen LogP contribution is 2.39. The molecule has 0 aliphatic heterocycles. The SMILES string of the molecule is C/C=C/CCC1CCC(c2ccc(OC(F)(F)c3ccc(C#N)c(F)c3)cc2)CC1. The van der Waals surface area contributed by atoms with E-state index in [-0.39, 0.29) is 11.3 Å². The number of hydrogen-bond acceptors (Lipinski definition) is 2. The van der Waals surface area contributed by atoms with Gasteiger partial charge in [-0.25, -0.2) is 4.39 Å². The molecule has 0 spiro atoms. The van der Waals surface area contributed by atoms with Crippen molar-refractivity contribution >= 4 is 0 Å². The molecule has 0 unspecified atom stereocenters. The zero-order chi connectivity index (χ0) is 21.6. The van der Waals surface area contributed by atoms with Crippen LogP contribution in [-0.2, 0) is 6.11 Å². The van der Waals surface area contributed by atoms with Crippen LogP contribution in [0.3, 0.4) is 0 Å². The summed E-state index contributed by atoms with van der Waals surface area (Å²) in [4.78, 5) is 0. The maximum atomic E-state index is 14.4. The first-order valence-corrected chi connectivity index (χ1v) is 10.4. The molecule has 0 amide bonds. The molecule has 1 fully saturated rings. The van der Waals surface area contributed by atoms with Crippen molar-refractivity contribution in [1.82, 2.24) is 0 Å². The third-order valence-corrected chi connectivity index (χ3v) is 5.85. The lowest BCUT2D eigenvalue weighted by atomic mass is 9.77. The van der Waals surface area contributed by atoms with Gasteiger partial charge < -0.3 is 4.74 Å². The van der Waals surface area contributed by atoms with Gasteiger partial charge in [-0.15, -0.1) is 0 Å². The number of rotatable bonds is 7. The smallest absolute Gasteiger partial charge is 0.426 e. The first-order chi connectivity index (χ1) is 14.4. The second-order valence-corrected chi connectivity index (χ2v) is 7.86. The van der Waals surface area contributed by atoms with E-state index in [1.54, 1.807) is 18.2 Å². The van der Waals surface area contributed by atoms with Crippen LogP contribution in [0, 0.1) is 23.1 Å². The van der Waals surface area contributed by atoms with Gasteiger partial charge in [-0.3, -0.25) is 0 Å². The van der Waals surface area contributed by atoms with Gasteiger partial charge in [0.2, 0.25) is 0 Å². The maximum Gasteiger partial charge on any atom is 0.426 e. The van der Waals surface area contributed by atoms with Gasteiger partial charge in [-0.05, 0) is 93.2 Å². The maximum absolute atomic E-state index is 14.4. The molecule has 30 heavy (non-hydrogen) atoms. The van der Waals surface area contributed by atoms with Gasteiger partial charge in [0.1, 0.15) is 17.6 Å². The summed E-state index contributed by atoms with van der Waals surface area (Å²) in [5, 5.41) is 8.73. The summed E-state index contributed by atoms with van der Waals surface area (Å²) in [5.41, 5.74) is 0.233. The third-order valence-electron chi connectivity index (χ3n) is 5.85. The zero-order valence-corrected chi connectivity index (χ0v) is 17.1. The van der Waals surface area contributed by atoms with E-state index in [1.807, 2.05) is 19.1 Å². The molecule has 158 valence electrons. The first-order valence-electron chi connectivity index (χ1n) is 10.4. The van der Waals surface area contributed by atoms with Gasteiger partial charge in [0, 0.05) is 0 Å². The summed E-state index contributed by atoms with van der Waals surface area (Å²) in [7, 11) is 0. The Morgan fingerprint density at radius 2 is 1.80 bits per heavy atom. The van der Waals surface area contributed by atoms with Crippen LogP contribution in [0.2, 0.25) is 0 Å². The van der Waals surface area contributed by atoms with Crippen LogP contribution >= 0.6 is 0 Å². The van der Waals surface area contributed by atoms with Crippen molar-refractivity contribution in [2.24, 2.45) is 5.92 Å². The van der Waals surface area contributed by atoms with Gasteiger partial charge in [0.15, 0.2) is 0 Å². The first kappa shape index (κ1) is 22.0. The van der Waals surface area contributed by atoms with Crippen molar-refractivity contribution < 1.29 is 17.9 Å². The summed E-state index contributed by atoms with van der Waals surface area (Å²) in [6.45, 7) is 2.04. The van der Waals surface area contributed by atoms with Gasteiger partial charge in [-0.2, -0.15) is 14.0 Å². The summed E-state index contributed by atoms with van der Waals surface area (Å²) in [6, 6.07) is 11.1. The van der Waals surface area contributed by atoms with Crippen molar-refractivity contribution in [3.8, 4) is 11.8 Å². The fourth-order valence-electron chi connectivity index (χ4n) is 4.08. The molecule has 5 heteroatoms. The van der Waals surface area contributed by atoms with E-state index in [0.29, 0.717) is 12.0 Å². The average Bonchev–Trinajstić information content (AvgIpc) is 2.75. The lowest BCUT2D eigenvalue weighted by Crippen LogP contribution is -2.22. The van der Waals surface area contributed by atoms with E-state index >= 15 is 0 Å². The predicted octanol–water partition coefficient (Wildman–Crippen LogP) is 7.46. The Morgan fingerprint density at radius 1 is 1.10 bits per heavy atom. The zero-order valence-electron chi connectivity index (χ0n) is 17.1. The highest BCUT2D eigenvalue weighted by molar-refractivity contribution is 5.35. The largest absolute Gasteiger partial charge is 0.429 e. The molecule has 0 heterocycles. The van der Waals surface area contributed by atoms with Crippen LogP contribution in [0.25, 0.3) is 0 Å². The molecule has 0 N–H and O–H groups in total. The van der Waals surface area contributed by atoms with Crippen LogP contribution in [0.5, 0.6) is 5.75 Å². The third kappa shape index (κ3) is 5.44. The molecule has 0 radical (unpaired) electrons. The highest BCUT2D eigenvalue weighted by atomic mass is 19.3. The molecule has 1 saturated carbocycles. The number of nitriles is 1. The molecular formula is C25H26F3NO. The predicted molar refractivity (Wildman–Crippen MR) is 111 cm³/mol. The number of halogens is 3. The molecule has 1 aliphatic rings. The summed E-state index contributed by atoms with van der Waals surface area (Å²) in [5.74, 6) is 0.250. The Balaban J connectivity index is 1.59. The molecular weight excluding hydrogens is 387 g/mol. The standard InChI is InChI=1S/C25H26F3NO/c1-2-3-4-5-18-6-8-19(9-7-18)20-11-14-23(15-12-20)30-25(27,28)22-13-10-21(17-29)24(26)16-22/h2-3,10-16,18-19H,4-9H2,1H3/b3-2+. The van der Waals surface area contributed by atoms with Crippen molar-refractivity contribution in [3.63, 3.8) is 0 Å². The van der Waals surface area contributed by atoms with Crippen LogP contribution in [0.1, 0.15) is 68.1 Å². The van der Waals surface area contributed by atoms with Gasteiger partial charge in [0.05, 0.1) is 11.1 Å². The quantitative estimate of drug-likeness (QED) is 0.442. The average molecular weight is 413 g/mol. The van der Waals surface area contributed by atoms with Crippen LogP contribution in [0.4, 0.5) is 13.2 Å².